The van der Waals surface area contributed by atoms with Gasteiger partial charge in [-0.15, -0.1) is 0 Å². The largest absolute Gasteiger partial charge is 0.490 e. The molecule has 1 aliphatic rings. The zero-order valence-corrected chi connectivity index (χ0v) is 15.5. The Hall–Kier alpha value is -2.74. The standard InChI is InChI=1S/C18H20N4O3S/c1-3-5-6-15-21-22-16(19)12(17(24)20-18(22)26-15)9-11-7-8-13(23)14(10-11)25-4-2/h7-10H,3-6,19H2,1-2H3/b11-9+. The number of carbonyl (C=O) groups is 1. The molecule has 0 aliphatic heterocycles. The number of aryl methyl sites for hydroxylation is 1. The zero-order chi connectivity index (χ0) is 18.7. The summed E-state index contributed by atoms with van der Waals surface area (Å²) in [6.45, 7) is 4.30. The number of rotatable bonds is 6. The monoisotopic (exact) mass is 372 g/mol. The lowest BCUT2D eigenvalue weighted by molar-refractivity contribution is -0.114. The lowest BCUT2D eigenvalue weighted by Gasteiger charge is -2.10. The number of hydrogen-bond acceptors (Lipinski definition) is 7. The van der Waals surface area contributed by atoms with Gasteiger partial charge in [-0.25, -0.2) is 0 Å². The summed E-state index contributed by atoms with van der Waals surface area (Å²) < 4.78 is 6.82. The molecule has 0 aromatic carbocycles. The van der Waals surface area contributed by atoms with Crippen LogP contribution in [-0.2, 0) is 16.0 Å². The number of carbonyl (C=O) groups excluding carboxylic acids is 1. The molecule has 8 heteroatoms. The number of fused-ring (bicyclic) bond motifs is 1. The van der Waals surface area contributed by atoms with Crippen molar-refractivity contribution in [1.82, 2.24) is 14.6 Å². The highest BCUT2D eigenvalue weighted by Crippen LogP contribution is 2.21. The van der Waals surface area contributed by atoms with Gasteiger partial charge in [0.15, 0.2) is 5.76 Å². The fourth-order valence-electron chi connectivity index (χ4n) is 2.54. The molecule has 2 N–H and O–H groups in total. The molecule has 1 aliphatic carbocycles. The summed E-state index contributed by atoms with van der Waals surface area (Å²) in [5.41, 5.74) is 6.65. The van der Waals surface area contributed by atoms with Gasteiger partial charge in [-0.3, -0.25) is 9.59 Å². The molecule has 0 bridgehead atoms. The van der Waals surface area contributed by atoms with Crippen LogP contribution in [0.3, 0.4) is 0 Å². The van der Waals surface area contributed by atoms with Crippen LogP contribution in [0.1, 0.15) is 37.3 Å². The van der Waals surface area contributed by atoms with E-state index in [9.17, 15) is 9.59 Å². The number of unbranched alkanes of at least 4 members (excludes halogenated alkanes) is 1. The summed E-state index contributed by atoms with van der Waals surface area (Å²) in [5.74, 6) is 0.273. The van der Waals surface area contributed by atoms with Gasteiger partial charge in [0.1, 0.15) is 10.8 Å². The highest BCUT2D eigenvalue weighted by Gasteiger charge is 2.16. The molecule has 3 rings (SSSR count). The Bertz CT molecular complexity index is 998. The second-order valence-corrected chi connectivity index (χ2v) is 6.83. The van der Waals surface area contributed by atoms with Crippen LogP contribution in [0.4, 0.5) is 5.82 Å². The third-order valence-electron chi connectivity index (χ3n) is 3.86. The zero-order valence-electron chi connectivity index (χ0n) is 14.7. The minimum Gasteiger partial charge on any atom is -0.490 e. The van der Waals surface area contributed by atoms with Crippen LogP contribution in [-0.4, -0.2) is 27.0 Å². The maximum atomic E-state index is 12.4. The van der Waals surface area contributed by atoms with E-state index in [4.69, 9.17) is 10.5 Å². The summed E-state index contributed by atoms with van der Waals surface area (Å²) in [4.78, 5) is 28.8. The molecule has 2 aromatic rings. The molecule has 7 nitrogen and oxygen atoms in total. The van der Waals surface area contributed by atoms with Crippen LogP contribution in [0.5, 0.6) is 0 Å². The van der Waals surface area contributed by atoms with Gasteiger partial charge < -0.3 is 10.5 Å². The smallest absolute Gasteiger partial charge is 0.283 e. The van der Waals surface area contributed by atoms with Crippen LogP contribution in [0.25, 0.3) is 11.0 Å². The van der Waals surface area contributed by atoms with Gasteiger partial charge in [0.25, 0.3) is 5.56 Å². The number of hydrogen-bond donors (Lipinski definition) is 1. The summed E-state index contributed by atoms with van der Waals surface area (Å²) in [5, 5.41) is 5.37. The SMILES string of the molecule is CCCCc1nn2c(N)c(/C=C3\C=CC(=O)C(OCC)=C3)c(=O)nc2s1. The third kappa shape index (κ3) is 3.60. The Balaban J connectivity index is 2.03. The molecule has 136 valence electrons. The normalized spacial score (nSPS) is 15.7. The first-order chi connectivity index (χ1) is 12.5. The number of aromatic nitrogens is 3. The molecule has 0 amide bonds. The van der Waals surface area contributed by atoms with Gasteiger partial charge in [-0.2, -0.15) is 14.6 Å². The second kappa shape index (κ2) is 7.65. The molecule has 0 saturated carbocycles. The summed E-state index contributed by atoms with van der Waals surface area (Å²) in [6, 6.07) is 0. The second-order valence-electron chi connectivity index (χ2n) is 5.79. The first kappa shape index (κ1) is 18.1. The van der Waals surface area contributed by atoms with Crippen molar-refractivity contribution in [2.45, 2.75) is 33.1 Å². The Morgan fingerprint density at radius 2 is 2.12 bits per heavy atom. The lowest BCUT2D eigenvalue weighted by atomic mass is 10.0. The highest BCUT2D eigenvalue weighted by molar-refractivity contribution is 7.16. The maximum Gasteiger partial charge on any atom is 0.283 e. The van der Waals surface area contributed by atoms with Crippen LogP contribution in [0.15, 0.2) is 34.4 Å². The molecule has 0 unspecified atom stereocenters. The van der Waals surface area contributed by atoms with Gasteiger partial charge >= 0.3 is 0 Å². The molecule has 0 atom stereocenters. The fourth-order valence-corrected chi connectivity index (χ4v) is 3.47. The molecular formula is C18H20N4O3S. The Labute approximate surface area is 154 Å². The third-order valence-corrected chi connectivity index (χ3v) is 4.82. The van der Waals surface area contributed by atoms with Crippen LogP contribution in [0.2, 0.25) is 0 Å². The van der Waals surface area contributed by atoms with Crippen molar-refractivity contribution in [3.05, 3.63) is 50.5 Å². The van der Waals surface area contributed by atoms with E-state index in [1.807, 2.05) is 0 Å². The first-order valence-corrected chi connectivity index (χ1v) is 9.32. The predicted octanol–water partition coefficient (Wildman–Crippen LogP) is 2.52. The van der Waals surface area contributed by atoms with E-state index in [0.717, 1.165) is 24.3 Å². The minimum atomic E-state index is -0.419. The topological polar surface area (TPSA) is 99.6 Å². The first-order valence-electron chi connectivity index (χ1n) is 8.50. The van der Waals surface area contributed by atoms with Crippen LogP contribution < -0.4 is 11.3 Å². The van der Waals surface area contributed by atoms with E-state index in [-0.39, 0.29) is 22.9 Å². The molecule has 0 radical (unpaired) electrons. The van der Waals surface area contributed by atoms with E-state index in [2.05, 4.69) is 17.0 Å². The average molecular weight is 372 g/mol. The molecule has 0 spiro atoms. The fraction of sp³-hybridized carbons (Fsp3) is 0.333. The van der Waals surface area contributed by atoms with E-state index >= 15 is 0 Å². The van der Waals surface area contributed by atoms with Crippen molar-refractivity contribution in [3.63, 3.8) is 0 Å². The minimum absolute atomic E-state index is 0.206. The Kier molecular flexibility index (Phi) is 5.32. The van der Waals surface area contributed by atoms with E-state index in [1.165, 1.54) is 21.9 Å². The molecule has 2 aromatic heterocycles. The molecular weight excluding hydrogens is 352 g/mol. The quantitative estimate of drug-likeness (QED) is 0.836. The van der Waals surface area contributed by atoms with E-state index in [0.29, 0.717) is 17.1 Å². The number of ketones is 1. The predicted molar refractivity (Wildman–Crippen MR) is 102 cm³/mol. The molecule has 2 heterocycles. The van der Waals surface area contributed by atoms with Gasteiger partial charge in [-0.05, 0) is 37.1 Å². The Morgan fingerprint density at radius 3 is 2.85 bits per heavy atom. The van der Waals surface area contributed by atoms with Crippen LogP contribution >= 0.6 is 11.3 Å². The lowest BCUT2D eigenvalue weighted by Crippen LogP contribution is -2.17. The van der Waals surface area contributed by atoms with Crippen molar-refractivity contribution < 1.29 is 9.53 Å². The number of nitrogen functional groups attached to an aromatic ring is 1. The highest BCUT2D eigenvalue weighted by atomic mass is 32.1. The number of ether oxygens (including phenoxy) is 1. The summed E-state index contributed by atoms with van der Waals surface area (Å²) >= 11 is 1.38. The molecule has 0 saturated heterocycles. The van der Waals surface area contributed by atoms with Crippen molar-refractivity contribution in [1.29, 1.82) is 0 Å². The van der Waals surface area contributed by atoms with Gasteiger partial charge in [0, 0.05) is 6.42 Å². The van der Waals surface area contributed by atoms with Crippen LogP contribution in [0, 0.1) is 0 Å². The Morgan fingerprint density at radius 1 is 1.31 bits per heavy atom. The number of nitrogens with two attached hydrogens (primary N) is 1. The van der Waals surface area contributed by atoms with Crippen molar-refractivity contribution in [3.8, 4) is 0 Å². The average Bonchev–Trinajstić information content (AvgIpc) is 3.02. The van der Waals surface area contributed by atoms with Gasteiger partial charge in [0.2, 0.25) is 10.7 Å². The van der Waals surface area contributed by atoms with Crippen molar-refractivity contribution >= 4 is 34.0 Å². The van der Waals surface area contributed by atoms with Gasteiger partial charge in [-0.1, -0.05) is 30.8 Å². The van der Waals surface area contributed by atoms with Gasteiger partial charge in [0.05, 0.1) is 12.2 Å². The van der Waals surface area contributed by atoms with Crippen molar-refractivity contribution in [2.75, 3.05) is 12.3 Å². The number of nitrogens with zero attached hydrogens (tertiary/aromatic N) is 3. The summed E-state index contributed by atoms with van der Waals surface area (Å²) in [6.07, 6.45) is 9.13. The van der Waals surface area contributed by atoms with Crippen molar-refractivity contribution in [2.24, 2.45) is 0 Å². The molecule has 0 fully saturated rings. The van der Waals surface area contributed by atoms with E-state index < -0.39 is 5.56 Å². The maximum absolute atomic E-state index is 12.4. The van der Waals surface area contributed by atoms with E-state index in [1.54, 1.807) is 25.2 Å². The summed E-state index contributed by atoms with van der Waals surface area (Å²) in [7, 11) is 0. The number of allylic oxidation sites excluding steroid dienone is 4. The number of anilines is 1. The molecule has 26 heavy (non-hydrogen) atoms.